The summed E-state index contributed by atoms with van der Waals surface area (Å²) in [6.07, 6.45) is 0.532. The molecule has 18 heavy (non-hydrogen) atoms. The second-order valence-electron chi connectivity index (χ2n) is 4.44. The molecule has 1 aromatic rings. The van der Waals surface area contributed by atoms with E-state index in [-0.39, 0.29) is 11.9 Å². The van der Waals surface area contributed by atoms with Gasteiger partial charge in [0.1, 0.15) is 0 Å². The third-order valence-electron chi connectivity index (χ3n) is 3.27. The van der Waals surface area contributed by atoms with Gasteiger partial charge in [0.15, 0.2) is 0 Å². The number of carbonyl (C=O) groups is 1. The lowest BCUT2D eigenvalue weighted by molar-refractivity contribution is -0.120. The van der Waals surface area contributed by atoms with E-state index in [9.17, 15) is 4.79 Å². The smallest absolute Gasteiger partial charge is 0.221 e. The number of nitrogens with two attached hydrogens (primary N) is 1. The van der Waals surface area contributed by atoms with E-state index < -0.39 is 0 Å². The minimum atomic E-state index is 0.115. The van der Waals surface area contributed by atoms with Crippen LogP contribution in [0.2, 0.25) is 5.02 Å². The average molecular weight is 268 g/mol. The van der Waals surface area contributed by atoms with Crippen LogP contribution >= 0.6 is 11.6 Å². The van der Waals surface area contributed by atoms with Crippen LogP contribution in [0.15, 0.2) is 24.3 Å². The Morgan fingerprint density at radius 3 is 2.72 bits per heavy atom. The van der Waals surface area contributed by atoms with E-state index in [1.807, 2.05) is 24.3 Å². The Morgan fingerprint density at radius 2 is 2.06 bits per heavy atom. The molecule has 3 N–H and O–H groups in total. The van der Waals surface area contributed by atoms with Crippen LogP contribution in [0, 0.1) is 0 Å². The van der Waals surface area contributed by atoms with Crippen molar-refractivity contribution in [2.45, 2.75) is 12.5 Å². The Morgan fingerprint density at radius 1 is 1.33 bits per heavy atom. The van der Waals surface area contributed by atoms with Crippen molar-refractivity contribution < 1.29 is 4.79 Å². The molecule has 0 saturated carbocycles. The van der Waals surface area contributed by atoms with Crippen LogP contribution in [0.1, 0.15) is 18.0 Å². The number of amides is 1. The van der Waals surface area contributed by atoms with Crippen LogP contribution in [0.5, 0.6) is 0 Å². The normalized spacial score (nSPS) is 19.1. The second kappa shape index (κ2) is 6.18. The predicted octanol–water partition coefficient (Wildman–Crippen LogP) is 1.16. The highest BCUT2D eigenvalue weighted by Gasteiger charge is 2.21. The van der Waals surface area contributed by atoms with E-state index >= 15 is 0 Å². The Hall–Kier alpha value is -1.10. The SMILES string of the molecule is NCC(c1ccc(Cl)cc1)N1CCNC(=O)CC1. The van der Waals surface area contributed by atoms with Gasteiger partial charge in [0.05, 0.1) is 0 Å². The molecule has 1 fully saturated rings. The minimum absolute atomic E-state index is 0.115. The lowest BCUT2D eigenvalue weighted by Crippen LogP contribution is -2.36. The fourth-order valence-electron chi connectivity index (χ4n) is 2.28. The molecule has 1 aliphatic heterocycles. The summed E-state index contributed by atoms with van der Waals surface area (Å²) in [6, 6.07) is 7.90. The Kier molecular flexibility index (Phi) is 4.58. The van der Waals surface area contributed by atoms with Crippen LogP contribution in [-0.4, -0.2) is 37.0 Å². The van der Waals surface area contributed by atoms with E-state index in [0.29, 0.717) is 19.5 Å². The van der Waals surface area contributed by atoms with E-state index in [0.717, 1.165) is 23.7 Å². The van der Waals surface area contributed by atoms with Crippen molar-refractivity contribution in [3.05, 3.63) is 34.9 Å². The summed E-state index contributed by atoms with van der Waals surface area (Å²) in [4.78, 5) is 13.6. The molecule has 1 heterocycles. The summed E-state index contributed by atoms with van der Waals surface area (Å²) in [7, 11) is 0. The third kappa shape index (κ3) is 3.22. The lowest BCUT2D eigenvalue weighted by atomic mass is 10.1. The monoisotopic (exact) mass is 267 g/mol. The third-order valence-corrected chi connectivity index (χ3v) is 3.52. The number of nitrogens with one attached hydrogen (secondary N) is 1. The molecule has 0 aliphatic carbocycles. The number of rotatable bonds is 3. The largest absolute Gasteiger partial charge is 0.355 e. The zero-order valence-electron chi connectivity index (χ0n) is 10.2. The van der Waals surface area contributed by atoms with Crippen molar-refractivity contribution in [1.29, 1.82) is 0 Å². The summed E-state index contributed by atoms with van der Waals surface area (Å²) in [5.41, 5.74) is 7.03. The molecule has 5 heteroatoms. The van der Waals surface area contributed by atoms with E-state index in [2.05, 4.69) is 10.2 Å². The molecule has 1 saturated heterocycles. The molecule has 98 valence electrons. The van der Waals surface area contributed by atoms with Gasteiger partial charge in [-0.2, -0.15) is 0 Å². The van der Waals surface area contributed by atoms with Crippen molar-refractivity contribution in [2.24, 2.45) is 5.73 Å². The van der Waals surface area contributed by atoms with Crippen LogP contribution < -0.4 is 11.1 Å². The molecule has 1 atom stereocenters. The standard InChI is InChI=1S/C13H18ClN3O/c14-11-3-1-10(2-4-11)12(9-15)17-7-5-13(18)16-6-8-17/h1-4,12H,5-9,15H2,(H,16,18). The van der Waals surface area contributed by atoms with Gasteiger partial charge in [0, 0.05) is 43.7 Å². The second-order valence-corrected chi connectivity index (χ2v) is 4.88. The number of benzene rings is 1. The topological polar surface area (TPSA) is 58.4 Å². The molecule has 1 unspecified atom stereocenters. The van der Waals surface area contributed by atoms with Gasteiger partial charge in [0.2, 0.25) is 5.91 Å². The minimum Gasteiger partial charge on any atom is -0.355 e. The Balaban J connectivity index is 2.12. The summed E-state index contributed by atoms with van der Waals surface area (Å²) in [5, 5.41) is 3.60. The van der Waals surface area contributed by atoms with Gasteiger partial charge in [-0.15, -0.1) is 0 Å². The molecule has 0 spiro atoms. The molecule has 1 aromatic carbocycles. The van der Waals surface area contributed by atoms with Gasteiger partial charge in [-0.05, 0) is 17.7 Å². The summed E-state index contributed by atoms with van der Waals surface area (Å²) in [6.45, 7) is 2.80. The molecule has 1 amide bonds. The number of hydrogen-bond donors (Lipinski definition) is 2. The zero-order chi connectivity index (χ0) is 13.0. The molecule has 4 nitrogen and oxygen atoms in total. The van der Waals surface area contributed by atoms with Gasteiger partial charge in [0.25, 0.3) is 0 Å². The highest BCUT2D eigenvalue weighted by Crippen LogP contribution is 2.22. The fraction of sp³-hybridized carbons (Fsp3) is 0.462. The van der Waals surface area contributed by atoms with Crippen LogP contribution in [0.25, 0.3) is 0 Å². The van der Waals surface area contributed by atoms with Gasteiger partial charge in [-0.25, -0.2) is 0 Å². The maximum atomic E-state index is 11.3. The predicted molar refractivity (Wildman–Crippen MR) is 72.4 cm³/mol. The maximum absolute atomic E-state index is 11.3. The number of carbonyl (C=O) groups excluding carboxylic acids is 1. The van der Waals surface area contributed by atoms with Crippen LogP contribution in [0.4, 0.5) is 0 Å². The highest BCUT2D eigenvalue weighted by atomic mass is 35.5. The van der Waals surface area contributed by atoms with Crippen LogP contribution in [-0.2, 0) is 4.79 Å². The van der Waals surface area contributed by atoms with Gasteiger partial charge >= 0.3 is 0 Å². The summed E-state index contributed by atoms with van der Waals surface area (Å²) < 4.78 is 0. The first kappa shape index (κ1) is 13.3. The molecular weight excluding hydrogens is 250 g/mol. The molecule has 2 rings (SSSR count). The quantitative estimate of drug-likeness (QED) is 0.864. The number of halogens is 1. The van der Waals surface area contributed by atoms with E-state index in [4.69, 9.17) is 17.3 Å². The van der Waals surface area contributed by atoms with Crippen LogP contribution in [0.3, 0.4) is 0 Å². The van der Waals surface area contributed by atoms with Crippen molar-refractivity contribution in [3.63, 3.8) is 0 Å². The van der Waals surface area contributed by atoms with Crippen molar-refractivity contribution in [2.75, 3.05) is 26.2 Å². The lowest BCUT2D eigenvalue weighted by Gasteiger charge is -2.29. The first-order chi connectivity index (χ1) is 8.70. The molecular formula is C13H18ClN3O. The molecule has 1 aliphatic rings. The molecule has 0 aromatic heterocycles. The molecule has 0 radical (unpaired) electrons. The molecule has 0 bridgehead atoms. The Bertz CT molecular complexity index is 407. The van der Waals surface area contributed by atoms with Gasteiger partial charge in [-0.1, -0.05) is 23.7 Å². The highest BCUT2D eigenvalue weighted by molar-refractivity contribution is 6.30. The number of hydrogen-bond acceptors (Lipinski definition) is 3. The van der Waals surface area contributed by atoms with Gasteiger partial charge in [-0.3, -0.25) is 9.69 Å². The zero-order valence-corrected chi connectivity index (χ0v) is 11.0. The average Bonchev–Trinajstić information content (AvgIpc) is 2.58. The summed E-state index contributed by atoms with van der Waals surface area (Å²) >= 11 is 5.89. The van der Waals surface area contributed by atoms with Crippen molar-refractivity contribution in [3.8, 4) is 0 Å². The number of nitrogens with zero attached hydrogens (tertiary/aromatic N) is 1. The van der Waals surface area contributed by atoms with E-state index in [1.54, 1.807) is 0 Å². The Labute approximate surface area is 112 Å². The first-order valence-electron chi connectivity index (χ1n) is 6.17. The fourth-order valence-corrected chi connectivity index (χ4v) is 2.40. The van der Waals surface area contributed by atoms with E-state index in [1.165, 1.54) is 0 Å². The van der Waals surface area contributed by atoms with Crippen molar-refractivity contribution in [1.82, 2.24) is 10.2 Å². The maximum Gasteiger partial charge on any atom is 0.221 e. The summed E-state index contributed by atoms with van der Waals surface area (Å²) in [5.74, 6) is 0.115. The first-order valence-corrected chi connectivity index (χ1v) is 6.55. The van der Waals surface area contributed by atoms with Crippen molar-refractivity contribution >= 4 is 17.5 Å². The van der Waals surface area contributed by atoms with Gasteiger partial charge < -0.3 is 11.1 Å².